The van der Waals surface area contributed by atoms with Gasteiger partial charge in [0.25, 0.3) is 0 Å². The first-order valence-corrected chi connectivity index (χ1v) is 4.12. The SMILES string of the molecule is Brc1ccnc([C]2CC2)c1. The van der Waals surface area contributed by atoms with Crippen LogP contribution in [0.4, 0.5) is 0 Å². The summed E-state index contributed by atoms with van der Waals surface area (Å²) in [7, 11) is 0. The van der Waals surface area contributed by atoms with Crippen molar-refractivity contribution in [1.29, 1.82) is 0 Å². The summed E-state index contributed by atoms with van der Waals surface area (Å²) in [4.78, 5) is 4.23. The summed E-state index contributed by atoms with van der Waals surface area (Å²) in [5, 5.41) is 0. The highest BCUT2D eigenvalue weighted by atomic mass is 79.9. The van der Waals surface area contributed by atoms with E-state index in [2.05, 4.69) is 27.0 Å². The molecule has 1 heterocycles. The second kappa shape index (κ2) is 2.35. The number of aromatic nitrogens is 1. The van der Waals surface area contributed by atoms with E-state index < -0.39 is 0 Å². The molecule has 0 aromatic carbocycles. The van der Waals surface area contributed by atoms with E-state index >= 15 is 0 Å². The fraction of sp³-hybridized carbons (Fsp3) is 0.250. The van der Waals surface area contributed by atoms with E-state index in [4.69, 9.17) is 0 Å². The Balaban J connectivity index is 2.32. The Morgan fingerprint density at radius 3 is 2.80 bits per heavy atom. The van der Waals surface area contributed by atoms with Gasteiger partial charge in [-0.15, -0.1) is 0 Å². The number of hydrogen-bond acceptors (Lipinski definition) is 1. The molecule has 1 aromatic heterocycles. The number of hydrogen-bond donors (Lipinski definition) is 0. The summed E-state index contributed by atoms with van der Waals surface area (Å²) < 4.78 is 1.12. The van der Waals surface area contributed by atoms with Crippen LogP contribution in [0.5, 0.6) is 0 Å². The van der Waals surface area contributed by atoms with Crippen molar-refractivity contribution in [3.63, 3.8) is 0 Å². The molecule has 0 aliphatic heterocycles. The molecule has 0 N–H and O–H groups in total. The van der Waals surface area contributed by atoms with Crippen molar-refractivity contribution in [2.45, 2.75) is 12.8 Å². The predicted octanol–water partition coefficient (Wildman–Crippen LogP) is 2.56. The van der Waals surface area contributed by atoms with Crippen molar-refractivity contribution in [3.05, 3.63) is 34.4 Å². The molecule has 2 heteroatoms. The summed E-state index contributed by atoms with van der Waals surface area (Å²) >= 11 is 3.40. The Kier molecular flexibility index (Phi) is 1.49. The van der Waals surface area contributed by atoms with Crippen molar-refractivity contribution in [1.82, 2.24) is 4.98 Å². The van der Waals surface area contributed by atoms with E-state index in [-0.39, 0.29) is 0 Å². The molecule has 1 radical (unpaired) electrons. The summed E-state index contributed by atoms with van der Waals surface area (Å²) in [5.41, 5.74) is 1.16. The fourth-order valence-electron chi connectivity index (χ4n) is 0.917. The molecule has 0 amide bonds. The first-order valence-electron chi connectivity index (χ1n) is 3.33. The summed E-state index contributed by atoms with van der Waals surface area (Å²) in [6.45, 7) is 0. The second-order valence-corrected chi connectivity index (χ2v) is 3.38. The van der Waals surface area contributed by atoms with Gasteiger partial charge < -0.3 is 0 Å². The van der Waals surface area contributed by atoms with Crippen molar-refractivity contribution in [2.75, 3.05) is 0 Å². The molecule has 0 unspecified atom stereocenters. The number of pyridine rings is 1. The minimum atomic E-state index is 1.12. The van der Waals surface area contributed by atoms with Crippen LogP contribution in [0.15, 0.2) is 22.8 Å². The average Bonchev–Trinajstić information content (AvgIpc) is 2.68. The van der Waals surface area contributed by atoms with Crippen molar-refractivity contribution in [2.24, 2.45) is 0 Å². The molecule has 0 atom stereocenters. The third-order valence-corrected chi connectivity index (χ3v) is 2.08. The van der Waals surface area contributed by atoms with Gasteiger partial charge in [0.1, 0.15) is 0 Å². The topological polar surface area (TPSA) is 12.9 Å². The quantitative estimate of drug-likeness (QED) is 0.674. The van der Waals surface area contributed by atoms with Crippen LogP contribution in [0.2, 0.25) is 0 Å². The fourth-order valence-corrected chi connectivity index (χ4v) is 1.25. The normalized spacial score (nSPS) is 17.3. The van der Waals surface area contributed by atoms with Gasteiger partial charge in [0.05, 0.1) is 0 Å². The largest absolute Gasteiger partial charge is 0.261 e. The monoisotopic (exact) mass is 196 g/mol. The van der Waals surface area contributed by atoms with Crippen LogP contribution in [0, 0.1) is 5.92 Å². The average molecular weight is 197 g/mol. The second-order valence-electron chi connectivity index (χ2n) is 2.46. The van der Waals surface area contributed by atoms with Crippen LogP contribution in [0.1, 0.15) is 18.5 Å². The molecule has 51 valence electrons. The lowest BCUT2D eigenvalue weighted by molar-refractivity contribution is 1.18. The van der Waals surface area contributed by atoms with Gasteiger partial charge in [-0.1, -0.05) is 15.9 Å². The molecular formula is C8H7BrN. The molecule has 1 aliphatic rings. The summed E-state index contributed by atoms with van der Waals surface area (Å²) in [5.74, 6) is 1.49. The van der Waals surface area contributed by atoms with Gasteiger partial charge in [-0.3, -0.25) is 4.98 Å². The zero-order valence-electron chi connectivity index (χ0n) is 5.47. The van der Waals surface area contributed by atoms with Crippen LogP contribution < -0.4 is 0 Å². The van der Waals surface area contributed by atoms with Crippen LogP contribution in [-0.4, -0.2) is 4.98 Å². The van der Waals surface area contributed by atoms with Gasteiger partial charge in [-0.25, -0.2) is 0 Å². The Labute approximate surface area is 68.6 Å². The highest BCUT2D eigenvalue weighted by Crippen LogP contribution is 2.38. The maximum absolute atomic E-state index is 4.23. The third-order valence-electron chi connectivity index (χ3n) is 1.58. The molecule has 2 rings (SSSR count). The first-order chi connectivity index (χ1) is 4.86. The number of halogens is 1. The van der Waals surface area contributed by atoms with E-state index in [0.29, 0.717) is 0 Å². The first kappa shape index (κ1) is 6.35. The molecule has 1 saturated carbocycles. The zero-order chi connectivity index (χ0) is 6.97. The molecule has 0 bridgehead atoms. The van der Waals surface area contributed by atoms with Gasteiger partial charge >= 0.3 is 0 Å². The molecule has 10 heavy (non-hydrogen) atoms. The molecule has 1 nitrogen and oxygen atoms in total. The lowest BCUT2D eigenvalue weighted by Crippen LogP contribution is -1.83. The number of rotatable bonds is 1. The van der Waals surface area contributed by atoms with E-state index in [1.54, 1.807) is 0 Å². The highest BCUT2D eigenvalue weighted by Gasteiger charge is 2.25. The van der Waals surface area contributed by atoms with Gasteiger partial charge in [0.2, 0.25) is 0 Å². The van der Waals surface area contributed by atoms with Gasteiger partial charge in [-0.2, -0.15) is 0 Å². The van der Waals surface area contributed by atoms with E-state index in [9.17, 15) is 0 Å². The van der Waals surface area contributed by atoms with Crippen LogP contribution >= 0.6 is 15.9 Å². The summed E-state index contributed by atoms with van der Waals surface area (Å²) in [6, 6.07) is 4.02. The van der Waals surface area contributed by atoms with Crippen molar-refractivity contribution >= 4 is 15.9 Å². The summed E-state index contributed by atoms with van der Waals surface area (Å²) in [6.07, 6.45) is 4.32. The molecule has 1 fully saturated rings. The predicted molar refractivity (Wildman–Crippen MR) is 43.5 cm³/mol. The van der Waals surface area contributed by atoms with Crippen molar-refractivity contribution in [3.8, 4) is 0 Å². The maximum atomic E-state index is 4.23. The Bertz CT molecular complexity index is 243. The highest BCUT2D eigenvalue weighted by molar-refractivity contribution is 9.10. The Hall–Kier alpha value is -0.370. The van der Waals surface area contributed by atoms with Gasteiger partial charge in [0.15, 0.2) is 0 Å². The maximum Gasteiger partial charge on any atom is 0.0486 e. The molecule has 0 spiro atoms. The van der Waals surface area contributed by atoms with Gasteiger partial charge in [-0.05, 0) is 25.0 Å². The molecule has 1 aliphatic carbocycles. The third kappa shape index (κ3) is 1.21. The molecular weight excluding hydrogens is 190 g/mol. The lowest BCUT2D eigenvalue weighted by Gasteiger charge is -1.94. The standard InChI is InChI=1S/C8H7BrN/c9-7-3-4-10-8(5-7)6-1-2-6/h3-5H,1-2H2. The van der Waals surface area contributed by atoms with Crippen LogP contribution in [0.3, 0.4) is 0 Å². The van der Waals surface area contributed by atoms with E-state index in [0.717, 1.165) is 10.2 Å². The molecule has 0 saturated heterocycles. The Morgan fingerprint density at radius 1 is 1.40 bits per heavy atom. The smallest absolute Gasteiger partial charge is 0.0486 e. The minimum absolute atomic E-state index is 1.12. The Morgan fingerprint density at radius 2 is 2.20 bits per heavy atom. The zero-order valence-corrected chi connectivity index (χ0v) is 7.06. The molecule has 1 aromatic rings. The van der Waals surface area contributed by atoms with E-state index in [1.165, 1.54) is 18.8 Å². The van der Waals surface area contributed by atoms with Crippen molar-refractivity contribution < 1.29 is 0 Å². The van der Waals surface area contributed by atoms with Gasteiger partial charge in [0, 0.05) is 22.3 Å². The van der Waals surface area contributed by atoms with Crippen LogP contribution in [-0.2, 0) is 0 Å². The van der Waals surface area contributed by atoms with Crippen LogP contribution in [0.25, 0.3) is 0 Å². The number of nitrogens with zero attached hydrogens (tertiary/aromatic N) is 1. The lowest BCUT2D eigenvalue weighted by atomic mass is 10.3. The minimum Gasteiger partial charge on any atom is -0.261 e. The van der Waals surface area contributed by atoms with E-state index in [1.807, 2.05) is 12.3 Å².